The predicted molar refractivity (Wildman–Crippen MR) is 131 cm³/mol. The molecule has 0 aliphatic heterocycles. The van der Waals surface area contributed by atoms with Gasteiger partial charge in [0, 0.05) is 55.5 Å². The highest BCUT2D eigenvalue weighted by molar-refractivity contribution is 14.0. The molecule has 0 amide bonds. The maximum Gasteiger partial charge on any atom is 0.250 e. The number of pyridine rings is 1. The molecular formula is C22H29FIN5O. The molecule has 0 saturated carbocycles. The molecule has 3 N–H and O–H groups in total. The Bertz CT molecular complexity index is 1010. The molecule has 0 bridgehead atoms. The van der Waals surface area contributed by atoms with Crippen molar-refractivity contribution in [1.29, 1.82) is 0 Å². The van der Waals surface area contributed by atoms with Crippen LogP contribution in [0.4, 0.5) is 4.39 Å². The van der Waals surface area contributed by atoms with Crippen molar-refractivity contribution in [3.05, 3.63) is 70.5 Å². The number of benzene rings is 1. The summed E-state index contributed by atoms with van der Waals surface area (Å²) in [5, 5.41) is 7.65. The van der Waals surface area contributed by atoms with Crippen LogP contribution in [0.15, 0.2) is 58.6 Å². The Morgan fingerprint density at radius 3 is 2.87 bits per heavy atom. The topological polar surface area (TPSA) is 74.2 Å². The van der Waals surface area contributed by atoms with Gasteiger partial charge in [-0.05, 0) is 56.0 Å². The summed E-state index contributed by atoms with van der Waals surface area (Å²) >= 11 is 0. The number of hydrogen-bond acceptors (Lipinski definition) is 2. The second kappa shape index (κ2) is 12.4. The van der Waals surface area contributed by atoms with Gasteiger partial charge < -0.3 is 20.2 Å². The van der Waals surface area contributed by atoms with Gasteiger partial charge in [0.2, 0.25) is 5.56 Å². The van der Waals surface area contributed by atoms with Crippen molar-refractivity contribution in [3.8, 4) is 0 Å². The quantitative estimate of drug-likeness (QED) is 0.173. The molecule has 2 aromatic heterocycles. The lowest BCUT2D eigenvalue weighted by atomic mass is 10.1. The van der Waals surface area contributed by atoms with E-state index in [0.717, 1.165) is 54.8 Å². The van der Waals surface area contributed by atoms with Crippen molar-refractivity contribution < 1.29 is 4.39 Å². The first-order chi connectivity index (χ1) is 14.2. The average Bonchev–Trinajstić information content (AvgIpc) is 3.11. The Labute approximate surface area is 193 Å². The van der Waals surface area contributed by atoms with E-state index in [-0.39, 0.29) is 35.4 Å². The molecule has 30 heavy (non-hydrogen) atoms. The lowest BCUT2D eigenvalue weighted by Crippen LogP contribution is -2.38. The number of rotatable bonds is 9. The first kappa shape index (κ1) is 23.9. The number of H-pyrrole nitrogens is 1. The molecule has 3 aromatic rings. The summed E-state index contributed by atoms with van der Waals surface area (Å²) in [4.78, 5) is 19.4. The summed E-state index contributed by atoms with van der Waals surface area (Å²) < 4.78 is 15.0. The molecule has 0 saturated heterocycles. The van der Waals surface area contributed by atoms with Gasteiger partial charge in [-0.3, -0.25) is 9.79 Å². The Hall–Kier alpha value is -2.36. The number of nitrogens with one attached hydrogen (secondary N) is 3. The molecule has 0 unspecified atom stereocenters. The minimum atomic E-state index is -0.234. The van der Waals surface area contributed by atoms with Crippen LogP contribution < -0.4 is 16.2 Å². The Morgan fingerprint density at radius 1 is 1.20 bits per heavy atom. The van der Waals surface area contributed by atoms with Crippen LogP contribution in [0, 0.1) is 5.82 Å². The fourth-order valence-corrected chi connectivity index (χ4v) is 3.25. The van der Waals surface area contributed by atoms with E-state index in [9.17, 15) is 9.18 Å². The molecule has 0 spiro atoms. The molecule has 162 valence electrons. The van der Waals surface area contributed by atoms with Crippen LogP contribution in [0.1, 0.15) is 25.3 Å². The molecule has 0 aliphatic carbocycles. The highest BCUT2D eigenvalue weighted by atomic mass is 127. The van der Waals surface area contributed by atoms with E-state index in [1.54, 1.807) is 16.7 Å². The summed E-state index contributed by atoms with van der Waals surface area (Å²) in [6, 6.07) is 10.0. The van der Waals surface area contributed by atoms with Crippen LogP contribution in [0.5, 0.6) is 0 Å². The Balaban J connectivity index is 0.00000320. The molecule has 0 aliphatic rings. The van der Waals surface area contributed by atoms with Crippen LogP contribution in [-0.2, 0) is 13.0 Å². The maximum absolute atomic E-state index is 13.3. The molecule has 0 fully saturated rings. The largest absolute Gasteiger partial charge is 0.361 e. The van der Waals surface area contributed by atoms with Crippen molar-refractivity contribution in [1.82, 2.24) is 20.2 Å². The maximum atomic E-state index is 13.3. The molecule has 6 nitrogen and oxygen atoms in total. The Morgan fingerprint density at radius 2 is 2.07 bits per heavy atom. The lowest BCUT2D eigenvalue weighted by molar-refractivity contribution is 0.597. The zero-order valence-corrected chi connectivity index (χ0v) is 19.5. The molecule has 8 heteroatoms. The van der Waals surface area contributed by atoms with Gasteiger partial charge in [0.05, 0.1) is 0 Å². The van der Waals surface area contributed by atoms with E-state index in [1.807, 2.05) is 31.5 Å². The fourth-order valence-electron chi connectivity index (χ4n) is 3.25. The molecule has 0 atom stereocenters. The number of fused-ring (bicyclic) bond motifs is 1. The standard InChI is InChI=1S/C22H28FN5O.HI/c1-2-24-22(25-11-4-6-14-28-13-5-3-7-21(28)29)26-12-10-17-16-27-20-15-18(23)8-9-19(17)20;/h3,5,7-9,13,15-16,27H,2,4,6,10-12,14H2,1H3,(H2,24,25,26);1H. The second-order valence-electron chi connectivity index (χ2n) is 6.88. The number of aromatic nitrogens is 2. The zero-order valence-electron chi connectivity index (χ0n) is 17.2. The Kier molecular flexibility index (Phi) is 9.85. The van der Waals surface area contributed by atoms with Crippen LogP contribution >= 0.6 is 24.0 Å². The number of aromatic amines is 1. The van der Waals surface area contributed by atoms with Crippen LogP contribution in [0.25, 0.3) is 10.9 Å². The van der Waals surface area contributed by atoms with E-state index in [0.29, 0.717) is 13.1 Å². The normalized spacial score (nSPS) is 11.3. The number of aliphatic imine (C=N–C) groups is 1. The van der Waals surface area contributed by atoms with Gasteiger partial charge in [-0.1, -0.05) is 6.07 Å². The molecular weight excluding hydrogens is 496 g/mol. The highest BCUT2D eigenvalue weighted by Crippen LogP contribution is 2.19. The summed E-state index contributed by atoms with van der Waals surface area (Å²) in [5.41, 5.74) is 2.00. The third-order valence-corrected chi connectivity index (χ3v) is 4.74. The number of guanidine groups is 1. The number of hydrogen-bond donors (Lipinski definition) is 3. The van der Waals surface area contributed by atoms with Crippen molar-refractivity contribution in [2.24, 2.45) is 4.99 Å². The van der Waals surface area contributed by atoms with Crippen molar-refractivity contribution in [2.45, 2.75) is 32.7 Å². The van der Waals surface area contributed by atoms with E-state index >= 15 is 0 Å². The van der Waals surface area contributed by atoms with Gasteiger partial charge in [0.15, 0.2) is 5.96 Å². The van der Waals surface area contributed by atoms with Gasteiger partial charge in [0.1, 0.15) is 5.82 Å². The monoisotopic (exact) mass is 525 g/mol. The van der Waals surface area contributed by atoms with E-state index in [2.05, 4.69) is 20.6 Å². The third kappa shape index (κ3) is 6.86. The van der Waals surface area contributed by atoms with Gasteiger partial charge in [-0.25, -0.2) is 4.39 Å². The third-order valence-electron chi connectivity index (χ3n) is 4.74. The summed E-state index contributed by atoms with van der Waals surface area (Å²) in [5.74, 6) is 0.554. The number of halogens is 2. The summed E-state index contributed by atoms with van der Waals surface area (Å²) in [7, 11) is 0. The highest BCUT2D eigenvalue weighted by Gasteiger charge is 2.05. The van der Waals surface area contributed by atoms with Crippen molar-refractivity contribution >= 4 is 40.8 Å². The SMILES string of the molecule is CCNC(=NCCCCn1ccccc1=O)NCCc1c[nH]c2cc(F)ccc12.I. The van der Waals surface area contributed by atoms with Crippen molar-refractivity contribution in [2.75, 3.05) is 19.6 Å². The van der Waals surface area contributed by atoms with Crippen LogP contribution in [-0.4, -0.2) is 35.1 Å². The minimum absolute atomic E-state index is 0. The molecule has 3 rings (SSSR count). The summed E-state index contributed by atoms with van der Waals surface area (Å²) in [6.07, 6.45) is 6.37. The van der Waals surface area contributed by atoms with Crippen molar-refractivity contribution in [3.63, 3.8) is 0 Å². The molecule has 2 heterocycles. The van der Waals surface area contributed by atoms with E-state index < -0.39 is 0 Å². The first-order valence-electron chi connectivity index (χ1n) is 10.1. The first-order valence-corrected chi connectivity index (χ1v) is 10.1. The molecule has 1 aromatic carbocycles. The number of aryl methyl sites for hydroxylation is 1. The lowest BCUT2D eigenvalue weighted by Gasteiger charge is -2.11. The van der Waals surface area contributed by atoms with Gasteiger partial charge in [-0.2, -0.15) is 0 Å². The van der Waals surface area contributed by atoms with Gasteiger partial charge >= 0.3 is 0 Å². The number of nitrogens with zero attached hydrogens (tertiary/aromatic N) is 2. The number of unbranched alkanes of at least 4 members (excludes halogenated alkanes) is 1. The van der Waals surface area contributed by atoms with E-state index in [1.165, 1.54) is 12.1 Å². The van der Waals surface area contributed by atoms with Crippen LogP contribution in [0.3, 0.4) is 0 Å². The molecule has 0 radical (unpaired) electrons. The fraction of sp³-hybridized carbons (Fsp3) is 0.364. The van der Waals surface area contributed by atoms with Gasteiger partial charge in [0.25, 0.3) is 0 Å². The smallest absolute Gasteiger partial charge is 0.250 e. The van der Waals surface area contributed by atoms with Gasteiger partial charge in [-0.15, -0.1) is 24.0 Å². The second-order valence-corrected chi connectivity index (χ2v) is 6.88. The van der Waals surface area contributed by atoms with Crippen LogP contribution in [0.2, 0.25) is 0 Å². The average molecular weight is 525 g/mol. The minimum Gasteiger partial charge on any atom is -0.361 e. The summed E-state index contributed by atoms with van der Waals surface area (Å²) in [6.45, 7) is 4.96. The zero-order chi connectivity index (χ0) is 20.5. The predicted octanol–water partition coefficient (Wildman–Crippen LogP) is 3.66. The van der Waals surface area contributed by atoms with E-state index in [4.69, 9.17) is 0 Å².